The van der Waals surface area contributed by atoms with Crippen molar-refractivity contribution in [1.82, 2.24) is 14.7 Å². The van der Waals surface area contributed by atoms with E-state index in [1.807, 2.05) is 6.92 Å². The van der Waals surface area contributed by atoms with E-state index >= 15 is 0 Å². The van der Waals surface area contributed by atoms with Crippen molar-refractivity contribution in [3.8, 4) is 0 Å². The number of halogens is 1. The van der Waals surface area contributed by atoms with Gasteiger partial charge in [-0.25, -0.2) is 9.37 Å². The zero-order chi connectivity index (χ0) is 15.2. The molecule has 0 aliphatic rings. The van der Waals surface area contributed by atoms with E-state index in [1.165, 1.54) is 22.7 Å². The minimum Gasteiger partial charge on any atom is -0.394 e. The Kier molecular flexibility index (Phi) is 5.24. The molecule has 2 aromatic heterocycles. The first-order valence-electron chi connectivity index (χ1n) is 6.80. The number of nitrogens with zero attached hydrogens (tertiary/aromatic N) is 2. The van der Waals surface area contributed by atoms with Gasteiger partial charge in [0, 0.05) is 12.7 Å². The lowest BCUT2D eigenvalue weighted by molar-refractivity contribution is 0.0834. The van der Waals surface area contributed by atoms with E-state index in [1.54, 1.807) is 0 Å². The molecule has 21 heavy (non-hydrogen) atoms. The van der Waals surface area contributed by atoms with E-state index in [9.17, 15) is 9.18 Å². The van der Waals surface area contributed by atoms with Gasteiger partial charge in [0.15, 0.2) is 0 Å². The third kappa shape index (κ3) is 3.56. The number of carbonyl (C=O) groups excluding carboxylic acids is 1. The minimum atomic E-state index is -0.428. The highest BCUT2D eigenvalue weighted by atomic mass is 19.1. The number of nitrogens with one attached hydrogen (secondary N) is 1. The third-order valence-electron chi connectivity index (χ3n) is 2.97. The molecular weight excluding hydrogens is 277 g/mol. The van der Waals surface area contributed by atoms with E-state index in [0.29, 0.717) is 36.6 Å². The maximum Gasteiger partial charge on any atom is 0.270 e. The molecule has 0 saturated heterocycles. The Labute approximate surface area is 121 Å². The second-order valence-corrected chi connectivity index (χ2v) is 4.43. The Morgan fingerprint density at radius 2 is 2.29 bits per heavy atom. The summed E-state index contributed by atoms with van der Waals surface area (Å²) in [7, 11) is 0. The highest BCUT2D eigenvalue weighted by Gasteiger charge is 2.18. The molecule has 2 aromatic rings. The molecule has 0 bridgehead atoms. The number of hydrogen-bond donors (Lipinski definition) is 2. The van der Waals surface area contributed by atoms with Gasteiger partial charge >= 0.3 is 0 Å². The van der Waals surface area contributed by atoms with Crippen LogP contribution in [0, 0.1) is 5.82 Å². The maximum atomic E-state index is 13.4. The Hall–Kier alpha value is -1.99. The molecule has 0 unspecified atom stereocenters. The van der Waals surface area contributed by atoms with Crippen LogP contribution in [0.15, 0.2) is 18.3 Å². The highest BCUT2D eigenvalue weighted by molar-refractivity contribution is 5.94. The van der Waals surface area contributed by atoms with Crippen LogP contribution in [0.2, 0.25) is 0 Å². The van der Waals surface area contributed by atoms with Crippen molar-refractivity contribution in [1.29, 1.82) is 0 Å². The molecule has 0 fully saturated rings. The fraction of sp³-hybridized carbons (Fsp3) is 0.429. The van der Waals surface area contributed by atoms with Gasteiger partial charge < -0.3 is 15.2 Å². The van der Waals surface area contributed by atoms with Gasteiger partial charge in [0.25, 0.3) is 5.91 Å². The van der Waals surface area contributed by atoms with Crippen LogP contribution < -0.4 is 5.32 Å². The number of carbonyl (C=O) groups is 1. The number of hydrogen-bond acceptors (Lipinski definition) is 4. The number of rotatable bonds is 7. The number of imidazole rings is 1. The number of ether oxygens (including phenoxy) is 1. The highest BCUT2D eigenvalue weighted by Crippen LogP contribution is 2.14. The molecule has 2 heterocycles. The van der Waals surface area contributed by atoms with Crippen LogP contribution in [0.3, 0.4) is 0 Å². The number of pyridine rings is 1. The summed E-state index contributed by atoms with van der Waals surface area (Å²) in [4.78, 5) is 16.6. The predicted octanol–water partition coefficient (Wildman–Crippen LogP) is 0.774. The average Bonchev–Trinajstić information content (AvgIpc) is 2.84. The fourth-order valence-corrected chi connectivity index (χ4v) is 2.04. The molecule has 0 radical (unpaired) electrons. The molecule has 1 amide bonds. The number of aromatic nitrogens is 2. The summed E-state index contributed by atoms with van der Waals surface area (Å²) in [5, 5.41) is 11.3. The van der Waals surface area contributed by atoms with E-state index in [2.05, 4.69) is 10.3 Å². The van der Waals surface area contributed by atoms with E-state index < -0.39 is 5.82 Å². The summed E-state index contributed by atoms with van der Waals surface area (Å²) < 4.78 is 19.9. The van der Waals surface area contributed by atoms with Crippen LogP contribution in [-0.2, 0) is 11.2 Å². The van der Waals surface area contributed by atoms with Crippen molar-refractivity contribution in [2.24, 2.45) is 0 Å². The van der Waals surface area contributed by atoms with Crippen molar-refractivity contribution in [3.63, 3.8) is 0 Å². The van der Waals surface area contributed by atoms with Crippen LogP contribution in [-0.4, -0.2) is 46.8 Å². The van der Waals surface area contributed by atoms with Crippen LogP contribution in [0.4, 0.5) is 4.39 Å². The fourth-order valence-electron chi connectivity index (χ4n) is 2.04. The molecule has 0 saturated carbocycles. The lowest BCUT2D eigenvalue weighted by Gasteiger charge is -2.07. The van der Waals surface area contributed by atoms with E-state index in [-0.39, 0.29) is 19.1 Å². The monoisotopic (exact) mass is 295 g/mol. The molecule has 0 atom stereocenters. The van der Waals surface area contributed by atoms with E-state index in [0.717, 1.165) is 0 Å². The summed E-state index contributed by atoms with van der Waals surface area (Å²) in [5.41, 5.74) is 1.50. The molecule has 0 spiro atoms. The van der Waals surface area contributed by atoms with Gasteiger partial charge in [0.2, 0.25) is 0 Å². The van der Waals surface area contributed by atoms with Crippen LogP contribution >= 0.6 is 0 Å². The first kappa shape index (κ1) is 15.4. The zero-order valence-corrected chi connectivity index (χ0v) is 11.8. The number of fused-ring (bicyclic) bond motifs is 1. The summed E-state index contributed by atoms with van der Waals surface area (Å²) in [6.45, 7) is 2.68. The Morgan fingerprint density at radius 1 is 1.48 bits per heavy atom. The zero-order valence-electron chi connectivity index (χ0n) is 11.8. The first-order chi connectivity index (χ1) is 10.2. The lowest BCUT2D eigenvalue weighted by atomic mass is 10.2. The van der Waals surface area contributed by atoms with E-state index in [4.69, 9.17) is 9.84 Å². The first-order valence-corrected chi connectivity index (χ1v) is 6.80. The van der Waals surface area contributed by atoms with Gasteiger partial charge in [-0.2, -0.15) is 0 Å². The topological polar surface area (TPSA) is 75.9 Å². The summed E-state index contributed by atoms with van der Waals surface area (Å²) in [6.07, 6.45) is 1.83. The maximum absolute atomic E-state index is 13.4. The van der Waals surface area contributed by atoms with Crippen molar-refractivity contribution >= 4 is 11.6 Å². The third-order valence-corrected chi connectivity index (χ3v) is 2.97. The van der Waals surface area contributed by atoms with Crippen molar-refractivity contribution in [2.75, 3.05) is 26.4 Å². The number of aryl methyl sites for hydroxylation is 1. The second-order valence-electron chi connectivity index (χ2n) is 4.43. The molecule has 0 aliphatic carbocycles. The molecule has 2 rings (SSSR count). The van der Waals surface area contributed by atoms with Crippen molar-refractivity contribution in [2.45, 2.75) is 13.3 Å². The summed E-state index contributed by atoms with van der Waals surface area (Å²) in [6, 6.07) is 2.85. The van der Waals surface area contributed by atoms with Crippen molar-refractivity contribution in [3.05, 3.63) is 35.5 Å². The van der Waals surface area contributed by atoms with Gasteiger partial charge in [0.1, 0.15) is 17.2 Å². The molecule has 2 N–H and O–H groups in total. The Morgan fingerprint density at radius 3 is 3.00 bits per heavy atom. The quantitative estimate of drug-likeness (QED) is 0.740. The number of aliphatic hydroxyl groups is 1. The number of amides is 1. The Bertz CT molecular complexity index is 627. The van der Waals surface area contributed by atoms with Gasteiger partial charge in [-0.1, -0.05) is 6.92 Å². The molecular formula is C14H18FN3O3. The van der Waals surface area contributed by atoms with Gasteiger partial charge in [-0.15, -0.1) is 0 Å². The lowest BCUT2D eigenvalue weighted by Crippen LogP contribution is -2.29. The largest absolute Gasteiger partial charge is 0.394 e. The summed E-state index contributed by atoms with van der Waals surface area (Å²) in [5.74, 6) is -0.750. The smallest absolute Gasteiger partial charge is 0.270 e. The standard InChI is InChI=1S/C14H18FN3O3/c1-2-11-13(14(20)16-5-7-21-8-6-19)18-9-10(15)3-4-12(18)17-11/h3-4,9,19H,2,5-8H2,1H3,(H,16,20). The molecule has 6 nitrogen and oxygen atoms in total. The van der Waals surface area contributed by atoms with Gasteiger partial charge in [-0.05, 0) is 18.6 Å². The van der Waals surface area contributed by atoms with Crippen LogP contribution in [0.25, 0.3) is 5.65 Å². The van der Waals surface area contributed by atoms with Gasteiger partial charge in [-0.3, -0.25) is 9.20 Å². The average molecular weight is 295 g/mol. The normalized spacial score (nSPS) is 11.0. The predicted molar refractivity (Wildman–Crippen MR) is 74.8 cm³/mol. The van der Waals surface area contributed by atoms with Crippen LogP contribution in [0.1, 0.15) is 23.1 Å². The van der Waals surface area contributed by atoms with Gasteiger partial charge in [0.05, 0.1) is 25.5 Å². The second kappa shape index (κ2) is 7.14. The summed E-state index contributed by atoms with van der Waals surface area (Å²) >= 11 is 0. The SMILES string of the molecule is CCc1nc2ccc(F)cn2c1C(=O)NCCOCCO. The van der Waals surface area contributed by atoms with Crippen LogP contribution in [0.5, 0.6) is 0 Å². The molecule has 7 heteroatoms. The molecule has 0 aliphatic heterocycles. The van der Waals surface area contributed by atoms with Crippen molar-refractivity contribution < 1.29 is 19.0 Å². The minimum absolute atomic E-state index is 0.0551. The molecule has 0 aromatic carbocycles. The Balaban J connectivity index is 2.15. The number of aliphatic hydroxyl groups excluding tert-OH is 1. The molecule has 114 valence electrons.